The number of ether oxygens (including phenoxy) is 10. The molecule has 2 bridgehead atoms. The first-order valence-corrected chi connectivity index (χ1v) is 29.5. The normalized spacial score (nSPS) is 35.6. The summed E-state index contributed by atoms with van der Waals surface area (Å²) in [6.45, 7) is 16.0. The van der Waals surface area contributed by atoms with Gasteiger partial charge in [0.05, 0.1) is 70.7 Å². The molecule has 1 aliphatic carbocycles. The van der Waals surface area contributed by atoms with Gasteiger partial charge in [-0.05, 0) is 107 Å². The van der Waals surface area contributed by atoms with E-state index in [1.54, 1.807) is 48.2 Å². The van der Waals surface area contributed by atoms with E-state index in [2.05, 4.69) is 5.32 Å². The summed E-state index contributed by atoms with van der Waals surface area (Å²) in [7, 11) is 6.13. The topological polar surface area (TPSA) is 254 Å². The highest BCUT2D eigenvalue weighted by atomic mass is 16.6. The molecule has 1 saturated carbocycles. The Labute approximate surface area is 481 Å². The number of cyclic esters (lactones) is 1. The highest BCUT2D eigenvalue weighted by molar-refractivity contribution is 6.09. The molecule has 0 aromatic carbocycles. The lowest BCUT2D eigenvalue weighted by Gasteiger charge is -2.40. The van der Waals surface area contributed by atoms with Crippen molar-refractivity contribution < 1.29 is 86.7 Å². The van der Waals surface area contributed by atoms with E-state index in [1.165, 1.54) is 12.0 Å². The fourth-order valence-electron chi connectivity index (χ4n) is 11.5. The van der Waals surface area contributed by atoms with Crippen molar-refractivity contribution in [3.8, 4) is 0 Å². The number of alkyl carbamates (subject to hydrolysis) is 1. The summed E-state index contributed by atoms with van der Waals surface area (Å²) in [4.78, 5) is 71.7. The molecule has 20 heteroatoms. The largest absolute Gasteiger partial charge is 0.460 e. The number of ketones is 2. The molecule has 2 amide bonds. The number of hydrogen-bond donors (Lipinski definition) is 4. The van der Waals surface area contributed by atoms with Gasteiger partial charge < -0.3 is 72.9 Å². The SMILES string of the molecule is COCCOCCOCCOCCNC(=O)O[C@@H]1CC[C@@H](C[C@@H](C)[C@@H]2C[C@@H](O)[C@H](C)/C=C(\C)[C@@H](O)[C@@H](OC)C(=O)[C@H](C)C[C@H](C)/C=C/C=C/C=C(\C)[C@@H](OC)C[C@@H]3CC[C@@H](C)C(=O)C(O)(O3)C(=O)N3CCCC[C@H]3C(=O)O2)C[C@H]1OC. The molecule has 1 unspecified atom stereocenters. The minimum absolute atomic E-state index is 0.00328. The molecule has 3 fully saturated rings. The average Bonchev–Trinajstić information content (AvgIpc) is 3.62. The molecule has 3 heterocycles. The van der Waals surface area contributed by atoms with Gasteiger partial charge in [0.15, 0.2) is 5.78 Å². The number of carbonyl (C=O) groups is 5. The molecule has 462 valence electrons. The molecule has 2 saturated heterocycles. The number of allylic oxidation sites excluding steroid dienone is 5. The average molecular weight is 1150 g/mol. The van der Waals surface area contributed by atoms with Crippen LogP contribution in [0.2, 0.25) is 0 Å². The highest BCUT2D eigenvalue weighted by Crippen LogP contribution is 2.37. The number of amides is 2. The summed E-state index contributed by atoms with van der Waals surface area (Å²) < 4.78 is 57.3. The Kier molecular flexibility index (Phi) is 30.9. The monoisotopic (exact) mass is 1150 g/mol. The number of aliphatic hydroxyl groups excluding tert-OH is 2. The van der Waals surface area contributed by atoms with Crippen molar-refractivity contribution in [2.45, 2.75) is 186 Å². The van der Waals surface area contributed by atoms with Crippen molar-refractivity contribution in [1.29, 1.82) is 0 Å². The molecule has 3 aliphatic heterocycles. The third-order valence-electron chi connectivity index (χ3n) is 16.5. The maximum atomic E-state index is 14.8. The minimum Gasteiger partial charge on any atom is -0.460 e. The fraction of sp³-hybridized carbons (Fsp3) is 0.787. The van der Waals surface area contributed by atoms with Gasteiger partial charge in [0.1, 0.15) is 30.5 Å². The van der Waals surface area contributed by atoms with Crippen LogP contribution in [0.25, 0.3) is 0 Å². The molecule has 81 heavy (non-hydrogen) atoms. The first-order valence-electron chi connectivity index (χ1n) is 29.5. The van der Waals surface area contributed by atoms with Crippen molar-refractivity contribution in [3.63, 3.8) is 0 Å². The number of piperidine rings is 1. The second-order valence-corrected chi connectivity index (χ2v) is 22.9. The van der Waals surface area contributed by atoms with Crippen LogP contribution in [0.15, 0.2) is 47.6 Å². The Bertz CT molecular complexity index is 2070. The number of esters is 1. The van der Waals surface area contributed by atoms with Crippen LogP contribution < -0.4 is 5.32 Å². The molecule has 16 atom stereocenters. The molecule has 0 aromatic rings. The number of Topliss-reactive ketones (excluding diaryl/α,β-unsaturated/α-hetero) is 2. The van der Waals surface area contributed by atoms with E-state index in [-0.39, 0.29) is 62.5 Å². The lowest BCUT2D eigenvalue weighted by atomic mass is 9.78. The van der Waals surface area contributed by atoms with E-state index >= 15 is 0 Å². The maximum Gasteiger partial charge on any atom is 0.407 e. The Morgan fingerprint density at radius 2 is 1.46 bits per heavy atom. The van der Waals surface area contributed by atoms with Gasteiger partial charge in [0.25, 0.3) is 5.91 Å². The van der Waals surface area contributed by atoms with E-state index in [4.69, 9.17) is 47.4 Å². The van der Waals surface area contributed by atoms with Crippen molar-refractivity contribution in [2.75, 3.05) is 87.8 Å². The van der Waals surface area contributed by atoms with Crippen LogP contribution in [0.4, 0.5) is 4.79 Å². The predicted octanol–water partition coefficient (Wildman–Crippen LogP) is 6.40. The van der Waals surface area contributed by atoms with Gasteiger partial charge in [-0.2, -0.15) is 0 Å². The lowest BCUT2D eigenvalue weighted by molar-refractivity contribution is -0.231. The number of nitrogens with zero attached hydrogens (tertiary/aromatic N) is 1. The molecule has 4 rings (SSSR count). The number of nitrogens with one attached hydrogen (secondary N) is 1. The van der Waals surface area contributed by atoms with Crippen molar-refractivity contribution in [2.24, 2.45) is 35.5 Å². The number of carbonyl (C=O) groups excluding carboxylic acids is 5. The standard InChI is InChI=1S/C61H100N2O18/c1-39-17-13-12-14-18-40(2)51(73-9)37-47-22-20-41(3)57(67)61(71,81-47)59(69)63-25-16-15-19-48(63)58(68)79-52(38-49(64)42(4)34-45(7)55(66)56(75-11)54(65)44(6)33-39)43(5)35-46-21-23-50(53(36-46)74-10)80-60(70)62-24-26-76-29-30-78-32-31-77-28-27-72-8/h12-14,17-18,34,39,41-44,46-53,55-56,64,66,71H,15-16,19-33,35-38H2,1-11H3,(H,62,70)/b14-12+,17-13+,40-18+,45-34+/t39-,41-,42-,43-,44-,46+,47+,48+,49-,50-,51+,52+,53-,55-,56+,61?/m1/s1. The van der Waals surface area contributed by atoms with Crippen LogP contribution in [0, 0.1) is 35.5 Å². The third-order valence-corrected chi connectivity index (χ3v) is 16.5. The van der Waals surface area contributed by atoms with Gasteiger partial charge in [0, 0.05) is 72.1 Å². The smallest absolute Gasteiger partial charge is 0.407 e. The van der Waals surface area contributed by atoms with Gasteiger partial charge in [-0.1, -0.05) is 71.1 Å². The first-order chi connectivity index (χ1) is 38.7. The molecular weight excluding hydrogens is 1050 g/mol. The minimum atomic E-state index is -2.88. The number of aliphatic hydroxyl groups is 3. The predicted molar refractivity (Wildman–Crippen MR) is 303 cm³/mol. The molecule has 4 aliphatic rings. The maximum absolute atomic E-state index is 14.8. The van der Waals surface area contributed by atoms with Crippen molar-refractivity contribution >= 4 is 29.5 Å². The van der Waals surface area contributed by atoms with Gasteiger partial charge in [-0.15, -0.1) is 0 Å². The quantitative estimate of drug-likeness (QED) is 0.0472. The lowest BCUT2D eigenvalue weighted by Crippen LogP contribution is -2.62. The van der Waals surface area contributed by atoms with Gasteiger partial charge in [-0.3, -0.25) is 14.4 Å². The van der Waals surface area contributed by atoms with E-state index < -0.39 is 102 Å². The summed E-state index contributed by atoms with van der Waals surface area (Å²) in [6, 6.07) is -1.18. The summed E-state index contributed by atoms with van der Waals surface area (Å²) >= 11 is 0. The zero-order chi connectivity index (χ0) is 59.6. The Morgan fingerprint density at radius 1 is 0.765 bits per heavy atom. The van der Waals surface area contributed by atoms with Gasteiger partial charge in [0.2, 0.25) is 5.78 Å². The Balaban J connectivity index is 1.57. The molecule has 20 nitrogen and oxygen atoms in total. The van der Waals surface area contributed by atoms with E-state index in [0.29, 0.717) is 103 Å². The number of hydrogen-bond acceptors (Lipinski definition) is 18. The summed E-state index contributed by atoms with van der Waals surface area (Å²) in [5, 5.41) is 38.6. The third kappa shape index (κ3) is 21.9. The zero-order valence-electron chi connectivity index (χ0n) is 50.4. The Morgan fingerprint density at radius 3 is 2.12 bits per heavy atom. The van der Waals surface area contributed by atoms with E-state index in [1.807, 2.05) is 58.1 Å². The van der Waals surface area contributed by atoms with Crippen LogP contribution in [0.5, 0.6) is 0 Å². The van der Waals surface area contributed by atoms with Crippen molar-refractivity contribution in [1.82, 2.24) is 10.2 Å². The van der Waals surface area contributed by atoms with Crippen LogP contribution in [0.3, 0.4) is 0 Å². The second kappa shape index (κ2) is 36.0. The van der Waals surface area contributed by atoms with Crippen molar-refractivity contribution in [3.05, 3.63) is 47.6 Å². The summed E-state index contributed by atoms with van der Waals surface area (Å²) in [5.41, 5.74) is 1.26. The van der Waals surface area contributed by atoms with Crippen LogP contribution in [-0.2, 0) is 66.5 Å². The van der Waals surface area contributed by atoms with Crippen LogP contribution in [0.1, 0.15) is 126 Å². The number of methoxy groups -OCH3 is 4. The molecule has 0 aromatic heterocycles. The molecular formula is C61H100N2O18. The van der Waals surface area contributed by atoms with Gasteiger partial charge >= 0.3 is 17.8 Å². The Hall–Kier alpha value is -3.93. The second-order valence-electron chi connectivity index (χ2n) is 22.9. The van der Waals surface area contributed by atoms with Crippen LogP contribution >= 0.6 is 0 Å². The molecule has 4 N–H and O–H groups in total. The molecule has 0 spiro atoms. The first kappa shape index (κ1) is 69.6. The molecule has 0 radical (unpaired) electrons. The number of rotatable bonds is 19. The van der Waals surface area contributed by atoms with Crippen LogP contribution in [-0.4, -0.2) is 198 Å². The van der Waals surface area contributed by atoms with E-state index in [9.17, 15) is 39.3 Å². The number of fused-ring (bicyclic) bond motifs is 3. The fourth-order valence-corrected chi connectivity index (χ4v) is 11.5. The van der Waals surface area contributed by atoms with Gasteiger partial charge in [-0.25, -0.2) is 9.59 Å². The summed E-state index contributed by atoms with van der Waals surface area (Å²) in [5.74, 6) is -7.78. The zero-order valence-corrected chi connectivity index (χ0v) is 50.4. The van der Waals surface area contributed by atoms with E-state index in [0.717, 1.165) is 5.57 Å². The summed E-state index contributed by atoms with van der Waals surface area (Å²) in [6.07, 6.45) is 8.87. The highest BCUT2D eigenvalue weighted by Gasteiger charge is 2.55.